The summed E-state index contributed by atoms with van der Waals surface area (Å²) < 4.78 is 0. The molecule has 0 spiro atoms. The fraction of sp³-hybridized carbons (Fsp3) is 0.615. The Hall–Kier alpha value is -1.43. The number of hydrogen-bond donors (Lipinski definition) is 1. The molecule has 1 N–H and O–H groups in total. The molecule has 1 heterocycles. The molecule has 6 heteroatoms. The Morgan fingerprint density at radius 2 is 2.26 bits per heavy atom. The predicted molar refractivity (Wildman–Crippen MR) is 75.1 cm³/mol. The largest absolute Gasteiger partial charge is 0.333 e. The fourth-order valence-electron chi connectivity index (χ4n) is 1.83. The molecule has 0 radical (unpaired) electrons. The minimum Gasteiger partial charge on any atom is -0.333 e. The molecular weight excluding hydrogens is 262 g/mol. The number of aryl methyl sites for hydroxylation is 1. The lowest BCUT2D eigenvalue weighted by molar-refractivity contribution is -0.134. The third-order valence-electron chi connectivity index (χ3n) is 3.03. The molecule has 0 unspecified atom stereocenters. The summed E-state index contributed by atoms with van der Waals surface area (Å²) >= 11 is 1.44. The number of thiazole rings is 1. The van der Waals surface area contributed by atoms with Crippen LogP contribution in [0.5, 0.6) is 0 Å². The minimum absolute atomic E-state index is 0.0392. The highest BCUT2D eigenvalue weighted by Gasteiger charge is 2.27. The molecule has 2 amide bonds. The fourth-order valence-corrected chi connectivity index (χ4v) is 2.52. The van der Waals surface area contributed by atoms with Crippen LogP contribution in [0.3, 0.4) is 0 Å². The molecule has 104 valence electrons. The zero-order chi connectivity index (χ0) is 13.8. The standard InChI is InChI=1S/C13H19N3O2S/c1-3-12(18)16(7-10-4-5-10)8-11(17)15-13-14-6-9(2)19-13/h6,10H,3-5,7-8H2,1-2H3,(H,14,15,17). The van der Waals surface area contributed by atoms with Crippen LogP contribution in [0.2, 0.25) is 0 Å². The van der Waals surface area contributed by atoms with Gasteiger partial charge < -0.3 is 10.2 Å². The third-order valence-corrected chi connectivity index (χ3v) is 3.86. The van der Waals surface area contributed by atoms with Gasteiger partial charge in [0.25, 0.3) is 0 Å². The molecule has 0 saturated heterocycles. The van der Waals surface area contributed by atoms with Crippen molar-refractivity contribution >= 4 is 28.3 Å². The van der Waals surface area contributed by atoms with E-state index in [4.69, 9.17) is 0 Å². The number of nitrogens with one attached hydrogen (secondary N) is 1. The minimum atomic E-state index is -0.170. The molecule has 0 aliphatic heterocycles. The summed E-state index contributed by atoms with van der Waals surface area (Å²) in [6.45, 7) is 4.59. The van der Waals surface area contributed by atoms with Crippen molar-refractivity contribution in [1.29, 1.82) is 0 Å². The molecule has 1 aliphatic rings. The molecule has 0 atom stereocenters. The number of aromatic nitrogens is 1. The van der Waals surface area contributed by atoms with Gasteiger partial charge in [-0.15, -0.1) is 11.3 Å². The summed E-state index contributed by atoms with van der Waals surface area (Å²) in [5.41, 5.74) is 0. The highest BCUT2D eigenvalue weighted by Crippen LogP contribution is 2.29. The van der Waals surface area contributed by atoms with Gasteiger partial charge in [-0.3, -0.25) is 9.59 Å². The van der Waals surface area contributed by atoms with E-state index < -0.39 is 0 Å². The second-order valence-corrected chi connectivity index (χ2v) is 6.13. The van der Waals surface area contributed by atoms with Gasteiger partial charge >= 0.3 is 0 Å². The Labute approximate surface area is 117 Å². The van der Waals surface area contributed by atoms with E-state index in [1.807, 2.05) is 13.8 Å². The average molecular weight is 281 g/mol. The first-order valence-electron chi connectivity index (χ1n) is 6.58. The maximum absolute atomic E-state index is 11.9. The number of amides is 2. The summed E-state index contributed by atoms with van der Waals surface area (Å²) in [6.07, 6.45) is 4.50. The summed E-state index contributed by atoms with van der Waals surface area (Å²) in [4.78, 5) is 30.5. The summed E-state index contributed by atoms with van der Waals surface area (Å²) in [5.74, 6) is 0.458. The molecule has 19 heavy (non-hydrogen) atoms. The Kier molecular flexibility index (Phi) is 4.52. The number of hydrogen-bond acceptors (Lipinski definition) is 4. The Bertz CT molecular complexity index is 468. The van der Waals surface area contributed by atoms with Gasteiger partial charge in [-0.05, 0) is 25.7 Å². The number of carbonyl (C=O) groups is 2. The Morgan fingerprint density at radius 1 is 1.53 bits per heavy atom. The molecule has 1 fully saturated rings. The van der Waals surface area contributed by atoms with Crippen molar-refractivity contribution in [2.75, 3.05) is 18.4 Å². The summed E-state index contributed by atoms with van der Waals surface area (Å²) in [7, 11) is 0. The highest BCUT2D eigenvalue weighted by atomic mass is 32.1. The van der Waals surface area contributed by atoms with Gasteiger partial charge in [-0.2, -0.15) is 0 Å². The van der Waals surface area contributed by atoms with E-state index in [0.717, 1.165) is 4.88 Å². The van der Waals surface area contributed by atoms with Gasteiger partial charge in [0.1, 0.15) is 0 Å². The molecule has 1 aromatic rings. The van der Waals surface area contributed by atoms with E-state index in [9.17, 15) is 9.59 Å². The molecule has 5 nitrogen and oxygen atoms in total. The SMILES string of the molecule is CCC(=O)N(CC(=O)Nc1ncc(C)s1)CC1CC1. The van der Waals surface area contributed by atoms with Crippen molar-refractivity contribution in [3.05, 3.63) is 11.1 Å². The molecular formula is C13H19N3O2S. The van der Waals surface area contributed by atoms with E-state index in [1.165, 1.54) is 24.2 Å². The molecule has 1 saturated carbocycles. The van der Waals surface area contributed by atoms with Crippen LogP contribution >= 0.6 is 11.3 Å². The van der Waals surface area contributed by atoms with Gasteiger partial charge in [0.15, 0.2) is 5.13 Å². The van der Waals surface area contributed by atoms with Crippen LogP contribution in [0.25, 0.3) is 0 Å². The topological polar surface area (TPSA) is 62.3 Å². The van der Waals surface area contributed by atoms with Crippen molar-refractivity contribution < 1.29 is 9.59 Å². The first-order chi connectivity index (χ1) is 9.08. The van der Waals surface area contributed by atoms with Crippen molar-refractivity contribution in [3.8, 4) is 0 Å². The first kappa shape index (κ1) is 14.0. The predicted octanol–water partition coefficient (Wildman–Crippen LogP) is 2.04. The monoisotopic (exact) mass is 281 g/mol. The zero-order valence-corrected chi connectivity index (χ0v) is 12.1. The van der Waals surface area contributed by atoms with Gasteiger partial charge in [0.05, 0.1) is 6.54 Å². The van der Waals surface area contributed by atoms with Gasteiger partial charge in [0, 0.05) is 24.0 Å². The first-order valence-corrected chi connectivity index (χ1v) is 7.40. The zero-order valence-electron chi connectivity index (χ0n) is 11.3. The summed E-state index contributed by atoms with van der Waals surface area (Å²) in [6, 6.07) is 0. The number of carbonyl (C=O) groups excluding carboxylic acids is 2. The molecule has 0 bridgehead atoms. The smallest absolute Gasteiger partial charge is 0.245 e. The van der Waals surface area contributed by atoms with Gasteiger partial charge in [-0.1, -0.05) is 6.92 Å². The number of anilines is 1. The molecule has 2 rings (SSSR count). The van der Waals surface area contributed by atoms with Gasteiger partial charge in [-0.25, -0.2) is 4.98 Å². The van der Waals surface area contributed by atoms with E-state index in [2.05, 4.69) is 10.3 Å². The van der Waals surface area contributed by atoms with Crippen LogP contribution in [0.4, 0.5) is 5.13 Å². The van der Waals surface area contributed by atoms with Crippen molar-refractivity contribution in [3.63, 3.8) is 0 Å². The lowest BCUT2D eigenvalue weighted by atomic mass is 10.3. The number of rotatable bonds is 6. The third kappa shape index (κ3) is 4.31. The molecule has 1 aliphatic carbocycles. The maximum Gasteiger partial charge on any atom is 0.245 e. The quantitative estimate of drug-likeness (QED) is 0.868. The van der Waals surface area contributed by atoms with Gasteiger partial charge in [0.2, 0.25) is 11.8 Å². The lowest BCUT2D eigenvalue weighted by Gasteiger charge is -2.21. The van der Waals surface area contributed by atoms with E-state index in [1.54, 1.807) is 11.1 Å². The molecule has 0 aromatic carbocycles. The van der Waals surface area contributed by atoms with Crippen molar-refractivity contribution in [2.45, 2.75) is 33.1 Å². The lowest BCUT2D eigenvalue weighted by Crippen LogP contribution is -2.38. The van der Waals surface area contributed by atoms with E-state index in [-0.39, 0.29) is 18.4 Å². The second-order valence-electron chi connectivity index (χ2n) is 4.90. The summed E-state index contributed by atoms with van der Waals surface area (Å²) in [5, 5.41) is 3.34. The van der Waals surface area contributed by atoms with Crippen LogP contribution in [-0.4, -0.2) is 34.8 Å². The highest BCUT2D eigenvalue weighted by molar-refractivity contribution is 7.15. The van der Waals surface area contributed by atoms with Crippen molar-refractivity contribution in [1.82, 2.24) is 9.88 Å². The maximum atomic E-state index is 11.9. The van der Waals surface area contributed by atoms with Crippen LogP contribution < -0.4 is 5.32 Å². The van der Waals surface area contributed by atoms with E-state index >= 15 is 0 Å². The van der Waals surface area contributed by atoms with Crippen LogP contribution in [0.15, 0.2) is 6.20 Å². The van der Waals surface area contributed by atoms with Crippen molar-refractivity contribution in [2.24, 2.45) is 5.92 Å². The second kappa shape index (κ2) is 6.14. The Balaban J connectivity index is 1.88. The average Bonchev–Trinajstić information content (AvgIpc) is 3.10. The van der Waals surface area contributed by atoms with E-state index in [0.29, 0.717) is 24.0 Å². The number of nitrogens with zero attached hydrogens (tertiary/aromatic N) is 2. The van der Waals surface area contributed by atoms with Crippen LogP contribution in [0, 0.1) is 12.8 Å². The normalized spacial score (nSPS) is 14.2. The Morgan fingerprint density at radius 3 is 2.79 bits per heavy atom. The van der Waals surface area contributed by atoms with Crippen LogP contribution in [-0.2, 0) is 9.59 Å². The molecule has 1 aromatic heterocycles. The van der Waals surface area contributed by atoms with Crippen LogP contribution in [0.1, 0.15) is 31.1 Å².